The monoisotopic (exact) mass is 334 g/mol. The number of rotatable bonds is 6. The molecule has 0 aliphatic rings. The minimum absolute atomic E-state index is 0.118. The van der Waals surface area contributed by atoms with Crippen LogP contribution in [-0.4, -0.2) is 58.5 Å². The Morgan fingerprint density at radius 3 is 2.58 bits per heavy atom. The second-order valence-corrected chi connectivity index (χ2v) is 6.48. The van der Waals surface area contributed by atoms with Crippen molar-refractivity contribution in [3.63, 3.8) is 0 Å². The van der Waals surface area contributed by atoms with Crippen LogP contribution in [0.5, 0.6) is 0 Å². The minimum Gasteiger partial charge on any atom is -0.387 e. The van der Waals surface area contributed by atoms with Crippen LogP contribution in [0.15, 0.2) is 30.3 Å². The summed E-state index contributed by atoms with van der Waals surface area (Å²) in [6.07, 6.45) is 0. The van der Waals surface area contributed by atoms with Crippen LogP contribution >= 0.6 is 0 Å². The fraction of sp³-hybridized carbons (Fsp3) is 0.412. The third-order valence-corrected chi connectivity index (χ3v) is 3.48. The number of amides is 1. The molecule has 6 nitrogen and oxygen atoms in total. The van der Waals surface area contributed by atoms with Crippen LogP contribution in [0.25, 0.3) is 5.69 Å². The van der Waals surface area contributed by atoms with E-state index < -0.39 is 5.60 Å². The van der Waals surface area contributed by atoms with E-state index in [1.807, 2.05) is 25.9 Å². The number of aliphatic hydroxyl groups is 1. The van der Waals surface area contributed by atoms with Gasteiger partial charge in [0.05, 0.1) is 11.3 Å². The molecule has 7 heteroatoms. The summed E-state index contributed by atoms with van der Waals surface area (Å²) in [5.41, 5.74) is 0.644. The summed E-state index contributed by atoms with van der Waals surface area (Å²) in [7, 11) is 3.70. The number of halogens is 1. The molecule has 0 saturated carbocycles. The molecule has 0 fully saturated rings. The molecule has 0 bridgehead atoms. The Bertz CT molecular complexity index is 708. The number of nitrogens with zero attached hydrogens (tertiary/aromatic N) is 3. The molecule has 0 aliphatic heterocycles. The van der Waals surface area contributed by atoms with Gasteiger partial charge >= 0.3 is 0 Å². The number of likely N-dealkylation sites (N-methyl/N-ethyl adjacent to an activating group) is 1. The Morgan fingerprint density at radius 2 is 2.00 bits per heavy atom. The number of carbonyl (C=O) groups excluding carboxylic acids is 1. The summed E-state index contributed by atoms with van der Waals surface area (Å²) in [5, 5.41) is 17.2. The largest absolute Gasteiger partial charge is 0.387 e. The van der Waals surface area contributed by atoms with Crippen molar-refractivity contribution in [2.75, 3.05) is 27.2 Å². The number of carbonyl (C=O) groups is 1. The summed E-state index contributed by atoms with van der Waals surface area (Å²) in [5.74, 6) is -0.692. The van der Waals surface area contributed by atoms with Crippen molar-refractivity contribution in [3.05, 3.63) is 47.5 Å². The van der Waals surface area contributed by atoms with Gasteiger partial charge in [-0.25, -0.2) is 9.07 Å². The lowest BCUT2D eigenvalue weighted by molar-refractivity contribution is 0.0325. The van der Waals surface area contributed by atoms with Gasteiger partial charge in [-0.1, -0.05) is 0 Å². The van der Waals surface area contributed by atoms with E-state index in [0.29, 0.717) is 12.2 Å². The van der Waals surface area contributed by atoms with Crippen LogP contribution in [0.4, 0.5) is 4.39 Å². The van der Waals surface area contributed by atoms with E-state index in [-0.39, 0.29) is 24.0 Å². The first kappa shape index (κ1) is 18.1. The highest BCUT2D eigenvalue weighted by atomic mass is 19.1. The van der Waals surface area contributed by atoms with E-state index in [0.717, 1.165) is 5.69 Å². The highest BCUT2D eigenvalue weighted by Gasteiger charge is 2.23. The maximum absolute atomic E-state index is 13.0. The molecule has 0 radical (unpaired) electrons. The lowest BCUT2D eigenvalue weighted by Crippen LogP contribution is -2.47. The second kappa shape index (κ2) is 7.11. The van der Waals surface area contributed by atoms with Gasteiger partial charge in [-0.2, -0.15) is 5.10 Å². The molecule has 1 heterocycles. The zero-order chi connectivity index (χ0) is 17.9. The molecule has 24 heavy (non-hydrogen) atoms. The molecule has 130 valence electrons. The van der Waals surface area contributed by atoms with Gasteiger partial charge in [0.1, 0.15) is 5.82 Å². The van der Waals surface area contributed by atoms with Gasteiger partial charge in [0.15, 0.2) is 5.69 Å². The van der Waals surface area contributed by atoms with Gasteiger partial charge < -0.3 is 15.3 Å². The highest BCUT2D eigenvalue weighted by Crippen LogP contribution is 2.13. The van der Waals surface area contributed by atoms with Crippen molar-refractivity contribution in [2.45, 2.75) is 19.4 Å². The van der Waals surface area contributed by atoms with E-state index in [9.17, 15) is 14.3 Å². The van der Waals surface area contributed by atoms with Crippen molar-refractivity contribution >= 4 is 5.91 Å². The first-order chi connectivity index (χ1) is 11.2. The lowest BCUT2D eigenvalue weighted by Gasteiger charge is -2.26. The molecule has 1 atom stereocenters. The Hall–Kier alpha value is -2.25. The summed E-state index contributed by atoms with van der Waals surface area (Å²) in [4.78, 5) is 14.1. The first-order valence-electron chi connectivity index (χ1n) is 7.66. The van der Waals surface area contributed by atoms with Crippen LogP contribution in [-0.2, 0) is 0 Å². The SMILES string of the molecule is Cc1cc(C(=O)NCC(C)(O)CN(C)C)nn1-c1ccc(F)cc1. The van der Waals surface area contributed by atoms with Crippen LogP contribution in [0.1, 0.15) is 23.1 Å². The van der Waals surface area contributed by atoms with E-state index in [1.54, 1.807) is 29.8 Å². The molecule has 0 spiro atoms. The van der Waals surface area contributed by atoms with E-state index >= 15 is 0 Å². The predicted octanol–water partition coefficient (Wildman–Crippen LogP) is 1.36. The molecular formula is C17H23FN4O2. The highest BCUT2D eigenvalue weighted by molar-refractivity contribution is 5.92. The lowest BCUT2D eigenvalue weighted by atomic mass is 10.1. The normalized spacial score (nSPS) is 13.8. The van der Waals surface area contributed by atoms with E-state index in [1.165, 1.54) is 12.1 Å². The topological polar surface area (TPSA) is 70.4 Å². The van der Waals surface area contributed by atoms with Crippen molar-refractivity contribution in [2.24, 2.45) is 0 Å². The summed E-state index contributed by atoms with van der Waals surface area (Å²) in [6, 6.07) is 7.53. The number of aromatic nitrogens is 2. The van der Waals surface area contributed by atoms with Gasteiger partial charge in [0.25, 0.3) is 5.91 Å². The summed E-state index contributed by atoms with van der Waals surface area (Å²) >= 11 is 0. The quantitative estimate of drug-likeness (QED) is 0.837. The van der Waals surface area contributed by atoms with E-state index in [2.05, 4.69) is 10.4 Å². The molecule has 0 aliphatic carbocycles. The van der Waals surface area contributed by atoms with Gasteiger partial charge in [0, 0.05) is 18.8 Å². The van der Waals surface area contributed by atoms with Crippen LogP contribution in [0, 0.1) is 12.7 Å². The fourth-order valence-corrected chi connectivity index (χ4v) is 2.53. The zero-order valence-corrected chi connectivity index (χ0v) is 14.4. The smallest absolute Gasteiger partial charge is 0.271 e. The molecule has 2 aromatic rings. The van der Waals surface area contributed by atoms with Crippen molar-refractivity contribution in [1.82, 2.24) is 20.0 Å². The Balaban J connectivity index is 2.09. The molecule has 1 unspecified atom stereocenters. The maximum atomic E-state index is 13.0. The molecule has 0 saturated heterocycles. The molecule has 2 N–H and O–H groups in total. The number of hydrogen-bond acceptors (Lipinski definition) is 4. The average Bonchev–Trinajstić information content (AvgIpc) is 2.86. The van der Waals surface area contributed by atoms with Gasteiger partial charge in [-0.15, -0.1) is 0 Å². The van der Waals surface area contributed by atoms with E-state index in [4.69, 9.17) is 0 Å². The van der Waals surface area contributed by atoms with Crippen LogP contribution in [0.3, 0.4) is 0 Å². The van der Waals surface area contributed by atoms with Crippen molar-refractivity contribution in [3.8, 4) is 5.69 Å². The fourth-order valence-electron chi connectivity index (χ4n) is 2.53. The standard InChI is InChI=1S/C17H23FN4O2/c1-12-9-15(16(23)19-10-17(2,24)11-21(3)4)20-22(12)14-7-5-13(18)6-8-14/h5-9,24H,10-11H2,1-4H3,(H,19,23). The maximum Gasteiger partial charge on any atom is 0.271 e. The Morgan fingerprint density at radius 1 is 1.38 bits per heavy atom. The molecule has 1 amide bonds. The summed E-state index contributed by atoms with van der Waals surface area (Å²) < 4.78 is 14.6. The third-order valence-electron chi connectivity index (χ3n) is 3.48. The third kappa shape index (κ3) is 4.62. The van der Waals surface area contributed by atoms with Gasteiger partial charge in [0.2, 0.25) is 0 Å². The first-order valence-corrected chi connectivity index (χ1v) is 7.66. The molecule has 2 rings (SSSR count). The molecular weight excluding hydrogens is 311 g/mol. The Labute approximate surface area is 140 Å². The molecule has 1 aromatic heterocycles. The zero-order valence-electron chi connectivity index (χ0n) is 14.4. The van der Waals surface area contributed by atoms with Crippen LogP contribution < -0.4 is 5.32 Å². The van der Waals surface area contributed by atoms with Crippen molar-refractivity contribution in [1.29, 1.82) is 0 Å². The minimum atomic E-state index is -1.03. The Kier molecular flexibility index (Phi) is 5.36. The number of nitrogens with one attached hydrogen (secondary N) is 1. The van der Waals surface area contributed by atoms with Gasteiger partial charge in [-0.3, -0.25) is 4.79 Å². The number of benzene rings is 1. The predicted molar refractivity (Wildman–Crippen MR) is 89.8 cm³/mol. The second-order valence-electron chi connectivity index (χ2n) is 6.48. The molecule has 1 aromatic carbocycles. The summed E-state index contributed by atoms with van der Waals surface area (Å²) in [6.45, 7) is 4.02. The van der Waals surface area contributed by atoms with Crippen LogP contribution in [0.2, 0.25) is 0 Å². The number of hydrogen-bond donors (Lipinski definition) is 2. The average molecular weight is 334 g/mol. The van der Waals surface area contributed by atoms with Gasteiger partial charge in [-0.05, 0) is 58.3 Å². The van der Waals surface area contributed by atoms with Crippen molar-refractivity contribution < 1.29 is 14.3 Å². The number of aryl methyl sites for hydroxylation is 1.